The van der Waals surface area contributed by atoms with E-state index in [-0.39, 0.29) is 11.4 Å². The maximum absolute atomic E-state index is 11.7. The average molecular weight is 227 g/mol. The molecule has 1 saturated heterocycles. The van der Waals surface area contributed by atoms with Crippen LogP contribution in [0.1, 0.15) is 33.6 Å². The molecule has 0 aromatic rings. The van der Waals surface area contributed by atoms with Gasteiger partial charge in [-0.1, -0.05) is 0 Å². The van der Waals surface area contributed by atoms with Crippen LogP contribution in [0, 0.1) is 5.92 Å². The van der Waals surface area contributed by atoms with E-state index in [1.54, 1.807) is 0 Å². The van der Waals surface area contributed by atoms with Crippen molar-refractivity contribution in [1.82, 2.24) is 10.2 Å². The SMILES string of the molecule is CC(C)(C)NC(=O)CN1CCC(CCN)C1. The second-order valence-electron chi connectivity index (χ2n) is 5.77. The summed E-state index contributed by atoms with van der Waals surface area (Å²) in [5.41, 5.74) is 5.41. The molecule has 1 fully saturated rings. The first-order valence-corrected chi connectivity index (χ1v) is 6.14. The van der Waals surface area contributed by atoms with Crippen LogP contribution in [0.4, 0.5) is 0 Å². The van der Waals surface area contributed by atoms with Gasteiger partial charge in [-0.05, 0) is 52.6 Å². The van der Waals surface area contributed by atoms with Crippen molar-refractivity contribution in [2.75, 3.05) is 26.2 Å². The number of carbonyl (C=O) groups excluding carboxylic acids is 1. The van der Waals surface area contributed by atoms with Crippen molar-refractivity contribution in [3.8, 4) is 0 Å². The summed E-state index contributed by atoms with van der Waals surface area (Å²) in [6.07, 6.45) is 2.26. The highest BCUT2D eigenvalue weighted by atomic mass is 16.2. The zero-order chi connectivity index (χ0) is 12.2. The number of carbonyl (C=O) groups is 1. The Kier molecular flexibility index (Phi) is 4.74. The summed E-state index contributed by atoms with van der Waals surface area (Å²) in [6.45, 7) is 9.35. The van der Waals surface area contributed by atoms with Gasteiger partial charge in [0.05, 0.1) is 6.54 Å². The van der Waals surface area contributed by atoms with Crippen molar-refractivity contribution in [2.45, 2.75) is 39.2 Å². The molecule has 0 spiro atoms. The van der Waals surface area contributed by atoms with Gasteiger partial charge in [-0.25, -0.2) is 0 Å². The largest absolute Gasteiger partial charge is 0.350 e. The van der Waals surface area contributed by atoms with E-state index in [1.165, 1.54) is 6.42 Å². The Hall–Kier alpha value is -0.610. The molecule has 1 aliphatic rings. The summed E-state index contributed by atoms with van der Waals surface area (Å²) in [5, 5.41) is 2.99. The third-order valence-corrected chi connectivity index (χ3v) is 2.83. The lowest BCUT2D eigenvalue weighted by Gasteiger charge is -2.23. The monoisotopic (exact) mass is 227 g/mol. The maximum atomic E-state index is 11.7. The summed E-state index contributed by atoms with van der Waals surface area (Å²) in [4.78, 5) is 13.9. The number of amides is 1. The van der Waals surface area contributed by atoms with E-state index in [4.69, 9.17) is 5.73 Å². The molecular weight excluding hydrogens is 202 g/mol. The fourth-order valence-electron chi connectivity index (χ4n) is 2.19. The standard InChI is InChI=1S/C12H25N3O/c1-12(2,3)14-11(16)9-15-7-5-10(8-15)4-6-13/h10H,4-9,13H2,1-3H3,(H,14,16). The molecule has 94 valence electrons. The molecular formula is C12H25N3O. The molecule has 1 unspecified atom stereocenters. The van der Waals surface area contributed by atoms with Crippen molar-refractivity contribution in [3.05, 3.63) is 0 Å². The number of rotatable bonds is 4. The fraction of sp³-hybridized carbons (Fsp3) is 0.917. The van der Waals surface area contributed by atoms with Gasteiger partial charge in [-0.15, -0.1) is 0 Å². The molecule has 0 saturated carbocycles. The van der Waals surface area contributed by atoms with Crippen molar-refractivity contribution < 1.29 is 4.79 Å². The predicted molar refractivity (Wildman–Crippen MR) is 66.1 cm³/mol. The molecule has 4 nitrogen and oxygen atoms in total. The van der Waals surface area contributed by atoms with E-state index >= 15 is 0 Å². The van der Waals surface area contributed by atoms with Gasteiger partial charge in [0.2, 0.25) is 5.91 Å². The fourth-order valence-corrected chi connectivity index (χ4v) is 2.19. The van der Waals surface area contributed by atoms with Crippen molar-refractivity contribution in [1.29, 1.82) is 0 Å². The Bertz CT molecular complexity index is 235. The van der Waals surface area contributed by atoms with Gasteiger partial charge in [0.15, 0.2) is 0 Å². The number of likely N-dealkylation sites (tertiary alicyclic amines) is 1. The summed E-state index contributed by atoms with van der Waals surface area (Å²) < 4.78 is 0. The molecule has 0 bridgehead atoms. The van der Waals surface area contributed by atoms with Crippen molar-refractivity contribution >= 4 is 5.91 Å². The summed E-state index contributed by atoms with van der Waals surface area (Å²) >= 11 is 0. The van der Waals surface area contributed by atoms with Gasteiger partial charge in [0.25, 0.3) is 0 Å². The zero-order valence-electron chi connectivity index (χ0n) is 10.8. The van der Waals surface area contributed by atoms with E-state index in [1.807, 2.05) is 20.8 Å². The predicted octanol–water partition coefficient (Wildman–Crippen LogP) is 0.572. The first-order chi connectivity index (χ1) is 7.40. The third-order valence-electron chi connectivity index (χ3n) is 2.83. The number of nitrogens with one attached hydrogen (secondary N) is 1. The van der Waals surface area contributed by atoms with Crippen LogP contribution in [0.25, 0.3) is 0 Å². The quantitative estimate of drug-likeness (QED) is 0.738. The van der Waals surface area contributed by atoms with Crippen LogP contribution >= 0.6 is 0 Å². The molecule has 1 amide bonds. The lowest BCUT2D eigenvalue weighted by atomic mass is 10.1. The van der Waals surface area contributed by atoms with E-state index in [9.17, 15) is 4.79 Å². The second kappa shape index (κ2) is 5.64. The first-order valence-electron chi connectivity index (χ1n) is 6.14. The van der Waals surface area contributed by atoms with Crippen molar-refractivity contribution in [3.63, 3.8) is 0 Å². The Morgan fingerprint density at radius 3 is 2.75 bits per heavy atom. The minimum atomic E-state index is -0.131. The lowest BCUT2D eigenvalue weighted by Crippen LogP contribution is -2.45. The summed E-state index contributed by atoms with van der Waals surface area (Å²) in [7, 11) is 0. The van der Waals surface area contributed by atoms with E-state index in [2.05, 4.69) is 10.2 Å². The molecule has 16 heavy (non-hydrogen) atoms. The molecule has 0 aromatic heterocycles. The van der Waals surface area contributed by atoms with Crippen LogP contribution < -0.4 is 11.1 Å². The highest BCUT2D eigenvalue weighted by Gasteiger charge is 2.24. The lowest BCUT2D eigenvalue weighted by molar-refractivity contribution is -0.123. The number of nitrogens with zero attached hydrogens (tertiary/aromatic N) is 1. The Balaban J connectivity index is 2.26. The Morgan fingerprint density at radius 2 is 2.19 bits per heavy atom. The van der Waals surface area contributed by atoms with Gasteiger partial charge in [0, 0.05) is 12.1 Å². The van der Waals surface area contributed by atoms with Gasteiger partial charge < -0.3 is 11.1 Å². The Morgan fingerprint density at radius 1 is 1.50 bits per heavy atom. The highest BCUT2D eigenvalue weighted by molar-refractivity contribution is 5.78. The second-order valence-corrected chi connectivity index (χ2v) is 5.77. The smallest absolute Gasteiger partial charge is 0.234 e. The molecule has 1 aliphatic heterocycles. The molecule has 4 heteroatoms. The molecule has 1 atom stereocenters. The van der Waals surface area contributed by atoms with Gasteiger partial charge in [0.1, 0.15) is 0 Å². The highest BCUT2D eigenvalue weighted by Crippen LogP contribution is 2.18. The molecule has 1 rings (SSSR count). The molecule has 0 aromatic carbocycles. The summed E-state index contributed by atoms with van der Waals surface area (Å²) in [6, 6.07) is 0. The van der Waals surface area contributed by atoms with Crippen LogP contribution in [0.15, 0.2) is 0 Å². The van der Waals surface area contributed by atoms with E-state index in [0.717, 1.165) is 26.1 Å². The Labute approximate surface area is 98.6 Å². The van der Waals surface area contributed by atoms with Crippen LogP contribution in [-0.4, -0.2) is 42.5 Å². The number of nitrogens with two attached hydrogens (primary N) is 1. The van der Waals surface area contributed by atoms with Gasteiger partial charge >= 0.3 is 0 Å². The van der Waals surface area contributed by atoms with Crippen molar-refractivity contribution in [2.24, 2.45) is 11.7 Å². The van der Waals surface area contributed by atoms with Crippen LogP contribution in [-0.2, 0) is 4.79 Å². The maximum Gasteiger partial charge on any atom is 0.234 e. The van der Waals surface area contributed by atoms with Crippen LogP contribution in [0.5, 0.6) is 0 Å². The molecule has 0 radical (unpaired) electrons. The normalized spacial score (nSPS) is 22.4. The number of hydrogen-bond donors (Lipinski definition) is 2. The summed E-state index contributed by atoms with van der Waals surface area (Å²) in [5.74, 6) is 0.813. The van der Waals surface area contributed by atoms with Crippen LogP contribution in [0.3, 0.4) is 0 Å². The average Bonchev–Trinajstić information content (AvgIpc) is 2.49. The third kappa shape index (κ3) is 4.94. The molecule has 1 heterocycles. The molecule has 0 aliphatic carbocycles. The topological polar surface area (TPSA) is 58.4 Å². The zero-order valence-corrected chi connectivity index (χ0v) is 10.8. The minimum absolute atomic E-state index is 0.126. The van der Waals surface area contributed by atoms with E-state index < -0.39 is 0 Å². The number of hydrogen-bond acceptors (Lipinski definition) is 3. The van der Waals surface area contributed by atoms with Crippen LogP contribution in [0.2, 0.25) is 0 Å². The first kappa shape index (κ1) is 13.5. The van der Waals surface area contributed by atoms with E-state index in [0.29, 0.717) is 12.5 Å². The minimum Gasteiger partial charge on any atom is -0.350 e. The van der Waals surface area contributed by atoms with Gasteiger partial charge in [-0.2, -0.15) is 0 Å². The molecule has 3 N–H and O–H groups in total. The van der Waals surface area contributed by atoms with Gasteiger partial charge in [-0.3, -0.25) is 9.69 Å².